The van der Waals surface area contributed by atoms with E-state index in [9.17, 15) is 4.79 Å². The fourth-order valence-corrected chi connectivity index (χ4v) is 3.24. The zero-order valence-corrected chi connectivity index (χ0v) is 16.3. The molecule has 7 heteroatoms. The Morgan fingerprint density at radius 2 is 1.89 bits per heavy atom. The number of hydrogen-bond donors (Lipinski definition) is 1. The van der Waals surface area contributed by atoms with Crippen LogP contribution in [0.1, 0.15) is 24.6 Å². The molecule has 0 saturated heterocycles. The van der Waals surface area contributed by atoms with E-state index in [0.29, 0.717) is 31.1 Å². The average molecular weight is 384 g/mol. The minimum atomic E-state index is -0.828. The van der Waals surface area contributed by atoms with Crippen molar-refractivity contribution in [1.82, 2.24) is 9.38 Å². The highest BCUT2D eigenvalue weighted by atomic mass is 16.5. The Morgan fingerprint density at radius 1 is 1.18 bits per heavy atom. The first kappa shape index (κ1) is 19.7. The fraction of sp³-hybridized carbons (Fsp3) is 0.333. The van der Waals surface area contributed by atoms with Gasteiger partial charge in [-0.3, -0.25) is 4.79 Å². The van der Waals surface area contributed by atoms with Crippen LogP contribution in [0.2, 0.25) is 0 Å². The standard InChI is InChI=1S/C21H24N2O5/c1-4-28-13-14-11-17(26-2)20(18(12-14)27-3)16-7-5-15(6-8-19(24)25)23-10-9-22-21(16)23/h5,7,9-12H,4,6,8,13H2,1-3H3,(H,24,25). The highest BCUT2D eigenvalue weighted by Crippen LogP contribution is 2.41. The Bertz CT molecular complexity index is 955. The Kier molecular flexibility index (Phi) is 6.16. The lowest BCUT2D eigenvalue weighted by Gasteiger charge is -2.17. The lowest BCUT2D eigenvalue weighted by Crippen LogP contribution is -2.04. The van der Waals surface area contributed by atoms with E-state index in [1.807, 2.05) is 41.8 Å². The molecule has 2 aromatic heterocycles. The molecule has 0 fully saturated rings. The normalized spacial score (nSPS) is 11.0. The van der Waals surface area contributed by atoms with E-state index in [-0.39, 0.29) is 6.42 Å². The summed E-state index contributed by atoms with van der Waals surface area (Å²) in [4.78, 5) is 15.4. The van der Waals surface area contributed by atoms with Crippen LogP contribution in [0.15, 0.2) is 36.7 Å². The van der Waals surface area contributed by atoms with Gasteiger partial charge >= 0.3 is 5.97 Å². The first-order valence-corrected chi connectivity index (χ1v) is 9.08. The van der Waals surface area contributed by atoms with Gasteiger partial charge in [-0.1, -0.05) is 0 Å². The molecular formula is C21H24N2O5. The number of carboxylic acids is 1. The maximum atomic E-state index is 10.9. The molecule has 3 aromatic rings. The molecular weight excluding hydrogens is 360 g/mol. The van der Waals surface area contributed by atoms with Crippen LogP contribution in [0.25, 0.3) is 16.8 Å². The van der Waals surface area contributed by atoms with Crippen LogP contribution in [-0.2, 0) is 22.6 Å². The second-order valence-corrected chi connectivity index (χ2v) is 6.27. The zero-order chi connectivity index (χ0) is 20.1. The number of nitrogens with zero attached hydrogens (tertiary/aromatic N) is 2. The molecule has 1 N–H and O–H groups in total. The number of ether oxygens (including phenoxy) is 3. The molecule has 3 rings (SSSR count). The molecule has 7 nitrogen and oxygen atoms in total. The number of carboxylic acid groups (broad SMARTS) is 1. The number of methoxy groups -OCH3 is 2. The largest absolute Gasteiger partial charge is 0.496 e. The van der Waals surface area contributed by atoms with E-state index in [4.69, 9.17) is 19.3 Å². The highest BCUT2D eigenvalue weighted by Gasteiger charge is 2.19. The summed E-state index contributed by atoms with van der Waals surface area (Å²) in [6.45, 7) is 3.04. The topological polar surface area (TPSA) is 82.3 Å². The fourth-order valence-electron chi connectivity index (χ4n) is 3.24. The summed E-state index contributed by atoms with van der Waals surface area (Å²) in [5, 5.41) is 8.99. The van der Waals surface area contributed by atoms with Crippen LogP contribution in [-0.4, -0.2) is 41.3 Å². The molecule has 0 bridgehead atoms. The van der Waals surface area contributed by atoms with Gasteiger partial charge in [0.1, 0.15) is 17.1 Å². The molecule has 0 atom stereocenters. The van der Waals surface area contributed by atoms with Crippen LogP contribution < -0.4 is 9.47 Å². The Balaban J connectivity index is 2.12. The Hall–Kier alpha value is -3.06. The number of aryl methyl sites for hydroxylation is 1. The van der Waals surface area contributed by atoms with Gasteiger partial charge < -0.3 is 23.7 Å². The predicted octanol–water partition coefficient (Wildman–Crippen LogP) is 3.57. The molecule has 1 aromatic carbocycles. The first-order valence-electron chi connectivity index (χ1n) is 9.08. The third-order valence-electron chi connectivity index (χ3n) is 4.54. The molecule has 2 heterocycles. The van der Waals surface area contributed by atoms with E-state index < -0.39 is 5.97 Å². The summed E-state index contributed by atoms with van der Waals surface area (Å²) in [6.07, 6.45) is 4.01. The van der Waals surface area contributed by atoms with E-state index in [2.05, 4.69) is 4.98 Å². The SMILES string of the molecule is CCOCc1cc(OC)c(-c2ccc(CCC(=O)O)n3ccnc23)c(OC)c1. The van der Waals surface area contributed by atoms with Gasteiger partial charge in [0.25, 0.3) is 0 Å². The van der Waals surface area contributed by atoms with Gasteiger partial charge in [0.2, 0.25) is 0 Å². The number of pyridine rings is 1. The van der Waals surface area contributed by atoms with Crippen molar-refractivity contribution >= 4 is 11.6 Å². The van der Waals surface area contributed by atoms with Gasteiger partial charge in [0.05, 0.1) is 32.8 Å². The van der Waals surface area contributed by atoms with Crippen LogP contribution in [0.4, 0.5) is 0 Å². The summed E-state index contributed by atoms with van der Waals surface area (Å²) < 4.78 is 18.7. The van der Waals surface area contributed by atoms with Crippen molar-refractivity contribution in [3.63, 3.8) is 0 Å². The summed E-state index contributed by atoms with van der Waals surface area (Å²) >= 11 is 0. The number of fused-ring (bicyclic) bond motifs is 1. The van der Waals surface area contributed by atoms with Gasteiger partial charge in [-0.05, 0) is 43.2 Å². The number of aromatic nitrogens is 2. The van der Waals surface area contributed by atoms with Gasteiger partial charge in [0.15, 0.2) is 0 Å². The van der Waals surface area contributed by atoms with Crippen LogP contribution in [0.5, 0.6) is 11.5 Å². The van der Waals surface area contributed by atoms with E-state index in [0.717, 1.165) is 28.0 Å². The molecule has 0 unspecified atom stereocenters. The summed E-state index contributed by atoms with van der Waals surface area (Å²) in [5.41, 5.74) is 4.20. The molecule has 0 aliphatic carbocycles. The molecule has 28 heavy (non-hydrogen) atoms. The van der Waals surface area contributed by atoms with E-state index >= 15 is 0 Å². The third-order valence-corrected chi connectivity index (χ3v) is 4.54. The van der Waals surface area contributed by atoms with Crippen LogP contribution in [0, 0.1) is 0 Å². The number of hydrogen-bond acceptors (Lipinski definition) is 5. The third kappa shape index (κ3) is 3.94. The lowest BCUT2D eigenvalue weighted by molar-refractivity contribution is -0.136. The minimum absolute atomic E-state index is 0.0609. The summed E-state index contributed by atoms with van der Waals surface area (Å²) in [5.74, 6) is 0.500. The van der Waals surface area contributed by atoms with Crippen molar-refractivity contribution in [3.05, 3.63) is 47.9 Å². The molecule has 0 radical (unpaired) electrons. The first-order chi connectivity index (χ1) is 13.6. The highest BCUT2D eigenvalue weighted by molar-refractivity contribution is 5.86. The van der Waals surface area contributed by atoms with Crippen LogP contribution in [0.3, 0.4) is 0 Å². The second-order valence-electron chi connectivity index (χ2n) is 6.27. The summed E-state index contributed by atoms with van der Waals surface area (Å²) in [6, 6.07) is 7.72. The Labute approximate surface area is 163 Å². The molecule has 148 valence electrons. The lowest BCUT2D eigenvalue weighted by atomic mass is 10.0. The molecule has 0 spiro atoms. The maximum Gasteiger partial charge on any atom is 0.303 e. The quantitative estimate of drug-likeness (QED) is 0.607. The van der Waals surface area contributed by atoms with Gasteiger partial charge in [-0.2, -0.15) is 0 Å². The zero-order valence-electron chi connectivity index (χ0n) is 16.3. The van der Waals surface area contributed by atoms with Crippen molar-refractivity contribution in [1.29, 1.82) is 0 Å². The minimum Gasteiger partial charge on any atom is -0.496 e. The number of imidazole rings is 1. The van der Waals surface area contributed by atoms with Crippen molar-refractivity contribution in [2.24, 2.45) is 0 Å². The van der Waals surface area contributed by atoms with Gasteiger partial charge in [-0.25, -0.2) is 4.98 Å². The van der Waals surface area contributed by atoms with Crippen LogP contribution >= 0.6 is 0 Å². The van der Waals surface area contributed by atoms with Crippen molar-refractivity contribution in [2.45, 2.75) is 26.4 Å². The summed E-state index contributed by atoms with van der Waals surface area (Å²) in [7, 11) is 3.24. The second kappa shape index (κ2) is 8.75. The predicted molar refractivity (Wildman–Crippen MR) is 105 cm³/mol. The van der Waals surface area contributed by atoms with Crippen molar-refractivity contribution in [3.8, 4) is 22.6 Å². The van der Waals surface area contributed by atoms with Gasteiger partial charge in [-0.15, -0.1) is 0 Å². The number of aliphatic carboxylic acids is 1. The molecule has 0 amide bonds. The number of benzene rings is 1. The molecule has 0 aliphatic rings. The van der Waals surface area contributed by atoms with Crippen molar-refractivity contribution in [2.75, 3.05) is 20.8 Å². The average Bonchev–Trinajstić information content (AvgIpc) is 3.20. The smallest absolute Gasteiger partial charge is 0.303 e. The van der Waals surface area contributed by atoms with Gasteiger partial charge in [0, 0.05) is 30.3 Å². The maximum absolute atomic E-state index is 10.9. The van der Waals surface area contributed by atoms with E-state index in [1.54, 1.807) is 20.4 Å². The number of carbonyl (C=O) groups is 1. The molecule has 0 aliphatic heterocycles. The monoisotopic (exact) mass is 384 g/mol. The van der Waals surface area contributed by atoms with E-state index in [1.165, 1.54) is 0 Å². The Morgan fingerprint density at radius 3 is 2.50 bits per heavy atom. The molecule has 0 saturated carbocycles. The number of rotatable bonds is 9. The van der Waals surface area contributed by atoms with Crippen molar-refractivity contribution < 1.29 is 24.1 Å².